The van der Waals surface area contributed by atoms with Crippen LogP contribution in [0.2, 0.25) is 0 Å². The van der Waals surface area contributed by atoms with E-state index >= 15 is 0 Å². The fourth-order valence-electron chi connectivity index (χ4n) is 3.52. The summed E-state index contributed by atoms with van der Waals surface area (Å²) >= 11 is 6.20. The summed E-state index contributed by atoms with van der Waals surface area (Å²) < 4.78 is 8.07. The van der Waals surface area contributed by atoms with Crippen LogP contribution in [0.3, 0.4) is 0 Å². The molecule has 0 aromatic heterocycles. The highest BCUT2D eigenvalue weighted by Crippen LogP contribution is 2.46. The van der Waals surface area contributed by atoms with Crippen molar-refractivity contribution in [2.24, 2.45) is 0 Å². The molecular weight excluding hydrogens is 757 g/mol. The molecule has 0 amide bonds. The lowest BCUT2D eigenvalue weighted by Gasteiger charge is -2.20. The zero-order valence-corrected chi connectivity index (χ0v) is 23.0. The fraction of sp³-hybridized carbons (Fsp3) is 0.0909. The van der Waals surface area contributed by atoms with Crippen LogP contribution >= 0.6 is 67.8 Å². The Bertz CT molecular complexity index is 1410. The molecule has 0 spiro atoms. The summed E-state index contributed by atoms with van der Waals surface area (Å²) in [5, 5.41) is 9.75. The Balaban J connectivity index is 2.27. The minimum atomic E-state index is -0.890. The molecule has 1 aliphatic carbocycles. The van der Waals surface area contributed by atoms with Crippen molar-refractivity contribution in [2.75, 3.05) is 7.11 Å². The molecule has 10 heteroatoms. The van der Waals surface area contributed by atoms with Crippen LogP contribution in [0.4, 0.5) is 0 Å². The van der Waals surface area contributed by atoms with E-state index in [2.05, 4.69) is 50.1 Å². The van der Waals surface area contributed by atoms with Gasteiger partial charge >= 0.3 is 5.97 Å². The SMILES string of the molecule is COOc1c(I)cc2c(-c3ccccc3C(=O)OO)c3cc(C)c(=O)c(I)c-3oc2c1I. The van der Waals surface area contributed by atoms with Gasteiger partial charge in [0, 0.05) is 16.5 Å². The summed E-state index contributed by atoms with van der Waals surface area (Å²) in [7, 11) is 1.41. The van der Waals surface area contributed by atoms with E-state index in [-0.39, 0.29) is 11.0 Å². The molecule has 0 radical (unpaired) electrons. The number of aryl methyl sites for hydroxylation is 1. The van der Waals surface area contributed by atoms with Gasteiger partial charge in [0.1, 0.15) is 7.14 Å². The quantitative estimate of drug-likeness (QED) is 0.114. The molecule has 0 saturated heterocycles. The van der Waals surface area contributed by atoms with Crippen molar-refractivity contribution in [3.05, 3.63) is 68.5 Å². The van der Waals surface area contributed by atoms with Crippen LogP contribution in [0.5, 0.6) is 5.75 Å². The number of hydrogen-bond donors (Lipinski definition) is 1. The summed E-state index contributed by atoms with van der Waals surface area (Å²) in [5.74, 6) is -0.0283. The second kappa shape index (κ2) is 9.40. The predicted molar refractivity (Wildman–Crippen MR) is 143 cm³/mol. The number of carbonyl (C=O) groups is 1. The minimum Gasteiger partial charge on any atom is -0.454 e. The highest BCUT2D eigenvalue weighted by Gasteiger charge is 2.28. The molecule has 2 aliphatic rings. The molecule has 1 heterocycles. The molecule has 0 saturated carbocycles. The van der Waals surface area contributed by atoms with Gasteiger partial charge in [-0.05, 0) is 104 Å². The number of rotatable bonds is 4. The van der Waals surface area contributed by atoms with E-state index in [1.165, 1.54) is 7.11 Å². The Hall–Kier alpha value is -1.49. The Morgan fingerprint density at radius 2 is 1.78 bits per heavy atom. The number of carbonyl (C=O) groups excluding carboxylic acids is 1. The van der Waals surface area contributed by atoms with Gasteiger partial charge in [-0.15, -0.1) is 0 Å². The van der Waals surface area contributed by atoms with Crippen LogP contribution in [0.1, 0.15) is 15.9 Å². The Kier molecular flexibility index (Phi) is 6.95. The molecule has 0 bridgehead atoms. The molecule has 0 atom stereocenters. The molecule has 7 nitrogen and oxygen atoms in total. The molecule has 1 aliphatic heterocycles. The van der Waals surface area contributed by atoms with Crippen molar-refractivity contribution < 1.29 is 29.1 Å². The molecular formula is C22H13I3O7. The van der Waals surface area contributed by atoms with E-state index in [0.29, 0.717) is 51.9 Å². The number of benzene rings is 3. The smallest absolute Gasteiger partial charge is 0.373 e. The van der Waals surface area contributed by atoms with E-state index in [9.17, 15) is 9.59 Å². The van der Waals surface area contributed by atoms with Crippen molar-refractivity contribution >= 4 is 84.7 Å². The summed E-state index contributed by atoms with van der Waals surface area (Å²) in [4.78, 5) is 39.3. The van der Waals surface area contributed by atoms with Crippen LogP contribution in [0, 0.1) is 17.6 Å². The summed E-state index contributed by atoms with van der Waals surface area (Å²) in [5.41, 5.74) is 2.90. The van der Waals surface area contributed by atoms with Gasteiger partial charge in [0.2, 0.25) is 0 Å². The first-order valence-electron chi connectivity index (χ1n) is 9.03. The maximum atomic E-state index is 12.7. The Labute approximate surface area is 222 Å². The number of hydrogen-bond acceptors (Lipinski definition) is 7. The average molecular weight is 770 g/mol. The fourth-order valence-corrected chi connectivity index (χ4v) is 6.32. The lowest BCUT2D eigenvalue weighted by Crippen LogP contribution is -2.12. The molecule has 1 N–H and O–H groups in total. The molecule has 0 fully saturated rings. The topological polar surface area (TPSA) is 95.2 Å². The monoisotopic (exact) mass is 770 g/mol. The second-order valence-corrected chi connectivity index (χ2v) is 10.1. The van der Waals surface area contributed by atoms with Crippen molar-refractivity contribution in [1.82, 2.24) is 0 Å². The normalized spacial score (nSPS) is 11.2. The molecule has 164 valence electrons. The number of halogens is 3. The third-order valence-corrected chi connectivity index (χ3v) is 7.66. The predicted octanol–water partition coefficient (Wildman–Crippen LogP) is 6.26. The standard InChI is InChI=1S/C22H13I3O7/c1-9-7-12-15(10-5-3-4-6-11(10)22(27)31-28)13-8-14(23)21(32-29-2)17(25)20(13)30-19(12)16(24)18(9)26/h3-8,28H,1-2H3. The van der Waals surface area contributed by atoms with Crippen molar-refractivity contribution in [3.63, 3.8) is 0 Å². The van der Waals surface area contributed by atoms with E-state index in [4.69, 9.17) is 19.4 Å². The number of fused-ring (bicyclic) bond motifs is 2. The molecule has 32 heavy (non-hydrogen) atoms. The first-order chi connectivity index (χ1) is 15.3. The van der Waals surface area contributed by atoms with Gasteiger partial charge in [-0.2, -0.15) is 10.1 Å². The van der Waals surface area contributed by atoms with E-state index < -0.39 is 5.97 Å². The van der Waals surface area contributed by atoms with Crippen molar-refractivity contribution in [3.8, 4) is 28.2 Å². The van der Waals surface area contributed by atoms with Gasteiger partial charge in [-0.1, -0.05) is 18.2 Å². The lowest BCUT2D eigenvalue weighted by molar-refractivity contribution is -0.182. The third-order valence-electron chi connectivity index (χ3n) is 4.90. The maximum absolute atomic E-state index is 12.7. The summed E-state index contributed by atoms with van der Waals surface area (Å²) in [6.45, 7) is 1.73. The van der Waals surface area contributed by atoms with Crippen LogP contribution in [-0.4, -0.2) is 18.3 Å². The van der Waals surface area contributed by atoms with Crippen LogP contribution in [-0.2, 0) is 9.78 Å². The van der Waals surface area contributed by atoms with E-state index in [1.807, 2.05) is 28.7 Å². The Morgan fingerprint density at radius 1 is 1.06 bits per heavy atom. The highest BCUT2D eigenvalue weighted by molar-refractivity contribution is 14.1. The van der Waals surface area contributed by atoms with Crippen molar-refractivity contribution in [1.29, 1.82) is 0 Å². The lowest BCUT2D eigenvalue weighted by atomic mass is 9.90. The first kappa shape index (κ1) is 23.7. The largest absolute Gasteiger partial charge is 0.454 e. The molecule has 4 rings (SSSR count). The Morgan fingerprint density at radius 3 is 2.47 bits per heavy atom. The van der Waals surface area contributed by atoms with Crippen LogP contribution < -0.4 is 10.3 Å². The average Bonchev–Trinajstić information content (AvgIpc) is 2.79. The van der Waals surface area contributed by atoms with Gasteiger partial charge in [-0.25, -0.2) is 4.79 Å². The van der Waals surface area contributed by atoms with E-state index in [1.54, 1.807) is 37.3 Å². The van der Waals surface area contributed by atoms with Crippen LogP contribution in [0.15, 0.2) is 45.6 Å². The zero-order chi connectivity index (χ0) is 23.2. The maximum Gasteiger partial charge on any atom is 0.373 e. The molecule has 2 aromatic rings. The highest BCUT2D eigenvalue weighted by atomic mass is 127. The minimum absolute atomic E-state index is 0.135. The van der Waals surface area contributed by atoms with Crippen LogP contribution in [0.25, 0.3) is 33.4 Å². The zero-order valence-electron chi connectivity index (χ0n) is 16.5. The van der Waals surface area contributed by atoms with Gasteiger partial charge in [0.15, 0.2) is 22.5 Å². The summed E-state index contributed by atoms with van der Waals surface area (Å²) in [6.07, 6.45) is 0. The van der Waals surface area contributed by atoms with Gasteiger partial charge in [0.25, 0.3) is 0 Å². The van der Waals surface area contributed by atoms with Gasteiger partial charge < -0.3 is 9.30 Å². The first-order valence-corrected chi connectivity index (χ1v) is 12.3. The van der Waals surface area contributed by atoms with E-state index in [0.717, 1.165) is 3.57 Å². The second-order valence-electron chi connectivity index (χ2n) is 6.74. The third kappa shape index (κ3) is 3.89. The van der Waals surface area contributed by atoms with Gasteiger partial charge in [0.05, 0.1) is 16.2 Å². The molecule has 2 aromatic carbocycles. The van der Waals surface area contributed by atoms with Crippen molar-refractivity contribution in [2.45, 2.75) is 6.92 Å². The summed E-state index contributed by atoms with van der Waals surface area (Å²) in [6, 6.07) is 10.4. The molecule has 0 unspecified atom stereocenters. The van der Waals surface area contributed by atoms with Gasteiger partial charge in [-0.3, -0.25) is 9.68 Å².